The molecule has 204 valence electrons. The molecule has 3 aromatic rings. The number of nitrogens with one attached hydrogen (secondary N) is 3. The average molecular weight is 561 g/mol. The minimum atomic E-state index is -1.24. The van der Waals surface area contributed by atoms with Gasteiger partial charge in [0.05, 0.1) is 18.4 Å². The third kappa shape index (κ3) is 4.76. The highest BCUT2D eigenvalue weighted by molar-refractivity contribution is 8.04. The Kier molecular flexibility index (Phi) is 6.91. The fourth-order valence-electron chi connectivity index (χ4n) is 4.30. The van der Waals surface area contributed by atoms with Crippen molar-refractivity contribution in [1.29, 1.82) is 5.41 Å². The van der Waals surface area contributed by atoms with Crippen LogP contribution in [0.3, 0.4) is 0 Å². The van der Waals surface area contributed by atoms with Crippen LogP contribution in [0.4, 0.5) is 14.5 Å². The molecule has 15 heteroatoms. The van der Waals surface area contributed by atoms with Crippen LogP contribution in [0.5, 0.6) is 17.2 Å². The standard InChI is InChI=1S/C24H22F2N6O6S/c1-36-15-9-12(16(26)19-18(15)37-5-6-38-19)17(29-10-2-3-11(21(27)28)13(25)8-10)22-30-24(35)32(31-22)14-4-7-39-20(14)23(33)34/h2-3,8-9,17,29H,4-7H2,1H3,(H3,27,28)(H,33,34)(H,30,31,35). The summed E-state index contributed by atoms with van der Waals surface area (Å²) < 4.78 is 47.9. The summed E-state index contributed by atoms with van der Waals surface area (Å²) >= 11 is 1.08. The molecule has 0 saturated heterocycles. The van der Waals surface area contributed by atoms with Crippen molar-refractivity contribution in [3.8, 4) is 17.2 Å². The minimum absolute atomic E-state index is 0.0197. The lowest BCUT2D eigenvalue weighted by atomic mass is 10.0. The van der Waals surface area contributed by atoms with Crippen molar-refractivity contribution in [2.75, 3.05) is 31.4 Å². The van der Waals surface area contributed by atoms with Gasteiger partial charge in [-0.3, -0.25) is 10.4 Å². The third-order valence-corrected chi connectivity index (χ3v) is 7.16. The number of benzene rings is 2. The quantitative estimate of drug-likeness (QED) is 0.203. The van der Waals surface area contributed by atoms with E-state index in [1.165, 1.54) is 25.3 Å². The molecule has 1 unspecified atom stereocenters. The number of amidine groups is 1. The maximum Gasteiger partial charge on any atom is 0.347 e. The van der Waals surface area contributed by atoms with Crippen molar-refractivity contribution < 1.29 is 32.9 Å². The lowest BCUT2D eigenvalue weighted by Gasteiger charge is -2.25. The van der Waals surface area contributed by atoms with E-state index in [-0.39, 0.29) is 70.1 Å². The molecule has 1 aromatic heterocycles. The second-order valence-corrected chi connectivity index (χ2v) is 9.53. The van der Waals surface area contributed by atoms with Crippen LogP contribution in [-0.4, -0.2) is 57.8 Å². The summed E-state index contributed by atoms with van der Waals surface area (Å²) in [7, 11) is 1.36. The summed E-state index contributed by atoms with van der Waals surface area (Å²) in [4.78, 5) is 27.1. The fourth-order valence-corrected chi connectivity index (χ4v) is 5.28. The molecule has 0 amide bonds. The van der Waals surface area contributed by atoms with Crippen LogP contribution in [0.1, 0.15) is 29.4 Å². The Bertz CT molecular complexity index is 1590. The molecule has 5 rings (SSSR count). The summed E-state index contributed by atoms with van der Waals surface area (Å²) in [5.74, 6) is -2.93. The van der Waals surface area contributed by atoms with Gasteiger partial charge in [0.2, 0.25) is 11.5 Å². The van der Waals surface area contributed by atoms with Crippen LogP contribution in [0.15, 0.2) is 34.0 Å². The van der Waals surface area contributed by atoms with Crippen LogP contribution in [0.25, 0.3) is 5.70 Å². The summed E-state index contributed by atoms with van der Waals surface area (Å²) in [5.41, 5.74) is 4.79. The molecule has 2 aliphatic heterocycles. The Hall–Kier alpha value is -4.53. The van der Waals surface area contributed by atoms with Crippen molar-refractivity contribution in [3.63, 3.8) is 0 Å². The predicted molar refractivity (Wildman–Crippen MR) is 138 cm³/mol. The molecule has 2 aromatic carbocycles. The molecular formula is C24H22F2N6O6S. The number of anilines is 1. The number of allylic oxidation sites excluding steroid dienone is 1. The normalized spacial score (nSPS) is 15.3. The number of ether oxygens (including phenoxy) is 3. The van der Waals surface area contributed by atoms with Gasteiger partial charge in [-0.1, -0.05) is 0 Å². The topological polar surface area (TPSA) is 178 Å². The molecule has 0 fully saturated rings. The second-order valence-electron chi connectivity index (χ2n) is 8.43. The molecule has 6 N–H and O–H groups in total. The summed E-state index contributed by atoms with van der Waals surface area (Å²) in [6.45, 7) is 0.268. The number of thioether (sulfide) groups is 1. The van der Waals surface area contributed by atoms with Gasteiger partial charge < -0.3 is 30.4 Å². The number of methoxy groups -OCH3 is 1. The number of carbonyl (C=O) groups is 1. The van der Waals surface area contributed by atoms with Gasteiger partial charge in [0, 0.05) is 23.4 Å². The zero-order valence-corrected chi connectivity index (χ0v) is 21.2. The monoisotopic (exact) mass is 560 g/mol. The lowest BCUT2D eigenvalue weighted by molar-refractivity contribution is -0.131. The number of carboxylic acid groups (broad SMARTS) is 1. The lowest BCUT2D eigenvalue weighted by Crippen LogP contribution is -2.21. The molecule has 0 radical (unpaired) electrons. The largest absolute Gasteiger partial charge is 0.493 e. The number of aromatic nitrogens is 3. The van der Waals surface area contributed by atoms with Gasteiger partial charge in [-0.2, -0.15) is 4.68 Å². The SMILES string of the molecule is COc1cc(C(Nc2ccc(C(=N)N)c(F)c2)c2nn(C3=C(C(=O)O)SCC3)c(=O)[nH]2)c(F)c2c1OCCO2. The number of nitrogens with zero attached hydrogens (tertiary/aromatic N) is 2. The van der Waals surface area contributed by atoms with E-state index in [1.807, 2.05) is 0 Å². The van der Waals surface area contributed by atoms with E-state index in [0.29, 0.717) is 5.75 Å². The van der Waals surface area contributed by atoms with Crippen LogP contribution in [0.2, 0.25) is 0 Å². The molecule has 1 atom stereocenters. The van der Waals surface area contributed by atoms with Crippen LogP contribution in [0, 0.1) is 17.0 Å². The van der Waals surface area contributed by atoms with E-state index in [1.54, 1.807) is 0 Å². The van der Waals surface area contributed by atoms with Gasteiger partial charge >= 0.3 is 11.7 Å². The number of aliphatic carboxylic acids is 1. The van der Waals surface area contributed by atoms with Gasteiger partial charge in [-0.25, -0.2) is 18.4 Å². The Labute approximate surface area is 223 Å². The first-order chi connectivity index (χ1) is 18.7. The number of fused-ring (bicyclic) bond motifs is 1. The third-order valence-electron chi connectivity index (χ3n) is 6.05. The first kappa shape index (κ1) is 26.1. The second kappa shape index (κ2) is 10.3. The zero-order valence-electron chi connectivity index (χ0n) is 20.3. The average Bonchev–Trinajstić information content (AvgIpc) is 3.54. The van der Waals surface area contributed by atoms with Gasteiger partial charge in [0.15, 0.2) is 17.4 Å². The molecule has 39 heavy (non-hydrogen) atoms. The maximum atomic E-state index is 15.9. The Balaban J connectivity index is 1.67. The molecule has 12 nitrogen and oxygen atoms in total. The summed E-state index contributed by atoms with van der Waals surface area (Å²) in [6.07, 6.45) is 0.276. The fraction of sp³-hybridized carbons (Fsp3) is 0.250. The minimum Gasteiger partial charge on any atom is -0.493 e. The number of aromatic amines is 1. The van der Waals surface area contributed by atoms with Gasteiger partial charge in [-0.15, -0.1) is 16.9 Å². The van der Waals surface area contributed by atoms with E-state index in [2.05, 4.69) is 15.4 Å². The highest BCUT2D eigenvalue weighted by Crippen LogP contribution is 2.45. The molecular weight excluding hydrogens is 538 g/mol. The Morgan fingerprint density at radius 3 is 2.72 bits per heavy atom. The van der Waals surface area contributed by atoms with Crippen molar-refractivity contribution in [3.05, 3.63) is 68.2 Å². The number of hydrogen-bond donors (Lipinski definition) is 5. The highest BCUT2D eigenvalue weighted by atomic mass is 32.2. The molecule has 0 bridgehead atoms. The maximum absolute atomic E-state index is 15.9. The number of H-pyrrole nitrogens is 1. The van der Waals surface area contributed by atoms with Crippen molar-refractivity contribution in [1.82, 2.24) is 14.8 Å². The highest BCUT2D eigenvalue weighted by Gasteiger charge is 2.32. The first-order valence-corrected chi connectivity index (χ1v) is 12.5. The van der Waals surface area contributed by atoms with Crippen molar-refractivity contribution >= 4 is 35.0 Å². The summed E-state index contributed by atoms with van der Waals surface area (Å²) in [6, 6.07) is 3.86. The molecule has 0 spiro atoms. The molecule has 0 saturated carbocycles. The molecule has 2 aliphatic rings. The first-order valence-electron chi connectivity index (χ1n) is 11.5. The Morgan fingerprint density at radius 2 is 2.05 bits per heavy atom. The van der Waals surface area contributed by atoms with Crippen LogP contribution >= 0.6 is 11.8 Å². The predicted octanol–water partition coefficient (Wildman–Crippen LogP) is 2.51. The van der Waals surface area contributed by atoms with Crippen molar-refractivity contribution in [2.45, 2.75) is 12.5 Å². The van der Waals surface area contributed by atoms with Crippen LogP contribution < -0.4 is 31.0 Å². The van der Waals surface area contributed by atoms with E-state index < -0.39 is 35.2 Å². The number of carboxylic acids is 1. The molecule has 3 heterocycles. The smallest absolute Gasteiger partial charge is 0.347 e. The van der Waals surface area contributed by atoms with Gasteiger partial charge in [-0.05, 0) is 24.3 Å². The van der Waals surface area contributed by atoms with E-state index in [9.17, 15) is 19.1 Å². The summed E-state index contributed by atoms with van der Waals surface area (Å²) in [5, 5.41) is 24.3. The van der Waals surface area contributed by atoms with Gasteiger partial charge in [0.1, 0.15) is 35.8 Å². The number of hydrogen-bond acceptors (Lipinski definition) is 9. The van der Waals surface area contributed by atoms with Crippen molar-refractivity contribution in [2.24, 2.45) is 5.73 Å². The van der Waals surface area contributed by atoms with Crippen LogP contribution in [-0.2, 0) is 4.79 Å². The number of rotatable bonds is 8. The Morgan fingerprint density at radius 1 is 1.31 bits per heavy atom. The van der Waals surface area contributed by atoms with Gasteiger partial charge in [0.25, 0.3) is 0 Å². The van der Waals surface area contributed by atoms with E-state index >= 15 is 4.39 Å². The number of halogens is 2. The zero-order chi connectivity index (χ0) is 27.8. The van der Waals surface area contributed by atoms with E-state index in [4.69, 9.17) is 25.4 Å². The number of nitrogens with two attached hydrogens (primary N) is 1. The number of nitrogen functional groups attached to an aromatic ring is 1. The molecule has 0 aliphatic carbocycles. The van der Waals surface area contributed by atoms with E-state index in [0.717, 1.165) is 22.5 Å².